The summed E-state index contributed by atoms with van der Waals surface area (Å²) in [5.74, 6) is -1.35. The molecule has 0 aromatic carbocycles. The van der Waals surface area contributed by atoms with E-state index >= 15 is 0 Å². The summed E-state index contributed by atoms with van der Waals surface area (Å²) in [6.07, 6.45) is 70.4. The molecule has 81 heavy (non-hydrogen) atoms. The second-order valence-electron chi connectivity index (χ2n) is 23.5. The summed E-state index contributed by atoms with van der Waals surface area (Å²) in [5, 5.41) is 29.0. The third-order valence-electron chi connectivity index (χ3n) is 15.4. The fourth-order valence-electron chi connectivity index (χ4n) is 10.2. The number of aliphatic hydroxyl groups excluding tert-OH is 1. The van der Waals surface area contributed by atoms with Crippen molar-refractivity contribution < 1.29 is 44.0 Å². The molecule has 9 nitrogen and oxygen atoms in total. The van der Waals surface area contributed by atoms with Crippen molar-refractivity contribution in [1.82, 2.24) is 0 Å². The first-order chi connectivity index (χ1) is 39.7. The molecular formula is C69H133Br3O9. The number of carboxylic acids is 2. The molecule has 0 saturated carbocycles. The number of ether oxygens (including phenoxy) is 2. The Balaban J connectivity index is -0.00000142. The van der Waals surface area contributed by atoms with Crippen LogP contribution in [0.4, 0.5) is 0 Å². The van der Waals surface area contributed by atoms with Crippen LogP contribution in [0.2, 0.25) is 0 Å². The second-order valence-corrected chi connectivity index (χ2v) is 25.8. The van der Waals surface area contributed by atoms with Gasteiger partial charge in [-0.15, -0.1) is 0 Å². The van der Waals surface area contributed by atoms with Crippen molar-refractivity contribution in [1.29, 1.82) is 0 Å². The first-order valence-corrected chi connectivity index (χ1v) is 38.1. The number of carboxylic acid groups (broad SMARTS) is 2. The lowest BCUT2D eigenvalue weighted by molar-refractivity contribution is -0.144. The summed E-state index contributed by atoms with van der Waals surface area (Å²) in [4.78, 5) is 44.5. The predicted octanol–water partition coefficient (Wildman–Crippen LogP) is 23.4. The van der Waals surface area contributed by atoms with Crippen LogP contribution in [-0.2, 0) is 28.7 Å². The van der Waals surface area contributed by atoms with Gasteiger partial charge >= 0.3 is 23.9 Å². The number of hydrogen-bond donors (Lipinski definition) is 3. The normalized spacial score (nSPS) is 11.0. The Kier molecular flexibility index (Phi) is 82.7. The van der Waals surface area contributed by atoms with Gasteiger partial charge in [0.05, 0.1) is 13.2 Å². The maximum Gasteiger partial charge on any atom is 0.305 e. The van der Waals surface area contributed by atoms with Gasteiger partial charge in [0.2, 0.25) is 0 Å². The molecule has 0 rings (SSSR count). The molecule has 0 radical (unpaired) electrons. The number of aliphatic hydroxyl groups is 1. The van der Waals surface area contributed by atoms with E-state index in [1.165, 1.54) is 283 Å². The summed E-state index contributed by atoms with van der Waals surface area (Å²) in [6, 6.07) is 0. The number of aliphatic carboxylic acids is 2. The van der Waals surface area contributed by atoms with Crippen molar-refractivity contribution in [2.24, 2.45) is 0 Å². The molecule has 0 spiro atoms. The Hall–Kier alpha value is -0.720. The van der Waals surface area contributed by atoms with Gasteiger partial charge in [0.25, 0.3) is 0 Å². The van der Waals surface area contributed by atoms with Crippen LogP contribution in [0.3, 0.4) is 0 Å². The summed E-state index contributed by atoms with van der Waals surface area (Å²) < 4.78 is 10.8. The minimum atomic E-state index is -0.679. The Bertz CT molecular complexity index is 1140. The summed E-state index contributed by atoms with van der Waals surface area (Å²) in [5.41, 5.74) is 0. The molecule has 0 atom stereocenters. The standard InChI is InChI=1S/C40H76Br2O4.C18H34O4.C11H23BrO/c41-35-29-23-17-11-7-13-19-25-31-37-45-39(43)33-27-21-15-9-5-3-1-2-4-6-10-16-22-28-34-40(44)46-38-32-26-20-14-8-12-18-24-30-36-42;19-17(20)15-13-11-9-7-5-3-1-2-4-6-8-10-12-14-16-18(21)22;12-10-8-6-4-2-1-3-5-7-9-11-13/h1-38H2;1-16H2,(H,19,20)(H,21,22);13H,1-11H2. The molecule has 0 aromatic heterocycles. The molecule has 12 heteroatoms. The summed E-state index contributed by atoms with van der Waals surface area (Å²) >= 11 is 10.4. The third kappa shape index (κ3) is 88.2. The minimum Gasteiger partial charge on any atom is -0.481 e. The maximum absolute atomic E-state index is 11.9. The van der Waals surface area contributed by atoms with Crippen molar-refractivity contribution in [3.63, 3.8) is 0 Å². The van der Waals surface area contributed by atoms with Crippen LogP contribution in [0.25, 0.3) is 0 Å². The van der Waals surface area contributed by atoms with Crippen LogP contribution in [0.15, 0.2) is 0 Å². The molecule has 0 aromatic rings. The lowest BCUT2D eigenvalue weighted by atomic mass is 10.0. The van der Waals surface area contributed by atoms with Crippen LogP contribution in [0, 0.1) is 0 Å². The van der Waals surface area contributed by atoms with E-state index in [0.717, 1.165) is 86.6 Å². The summed E-state index contributed by atoms with van der Waals surface area (Å²) in [6.45, 7) is 1.59. The zero-order valence-corrected chi connectivity index (χ0v) is 57.6. The zero-order valence-electron chi connectivity index (χ0n) is 52.9. The SMILES string of the molecule is O=C(CCCCCCCCCCCCCCCCC(=O)OCCCCCCCCCCCBr)OCCCCCCCCCCCBr.O=C(O)CCCCCCCCCCCCCCCCC(=O)O.OCCCCCCCCCCCBr. The van der Waals surface area contributed by atoms with E-state index in [0.29, 0.717) is 45.5 Å². The molecule has 0 aliphatic heterocycles. The predicted molar refractivity (Wildman–Crippen MR) is 358 cm³/mol. The molecule has 3 N–H and O–H groups in total. The number of carbonyl (C=O) groups excluding carboxylic acids is 2. The van der Waals surface area contributed by atoms with Crippen molar-refractivity contribution in [3.8, 4) is 0 Å². The molecule has 0 aliphatic carbocycles. The molecule has 0 unspecified atom stereocenters. The number of hydrogen-bond acceptors (Lipinski definition) is 7. The van der Waals surface area contributed by atoms with Crippen molar-refractivity contribution in [2.45, 2.75) is 379 Å². The lowest BCUT2D eigenvalue weighted by Gasteiger charge is -2.06. The van der Waals surface area contributed by atoms with E-state index in [1.54, 1.807) is 0 Å². The fraction of sp³-hybridized carbons (Fsp3) is 0.942. The average molecular weight is 1350 g/mol. The Morgan fingerprint density at radius 2 is 0.383 bits per heavy atom. The number of carbonyl (C=O) groups is 4. The van der Waals surface area contributed by atoms with Crippen LogP contribution in [-0.4, -0.2) is 75.0 Å². The largest absolute Gasteiger partial charge is 0.481 e. The van der Waals surface area contributed by atoms with E-state index in [-0.39, 0.29) is 11.9 Å². The lowest BCUT2D eigenvalue weighted by Crippen LogP contribution is -2.05. The first-order valence-electron chi connectivity index (χ1n) is 34.8. The molecule has 0 amide bonds. The molecule has 484 valence electrons. The van der Waals surface area contributed by atoms with Gasteiger partial charge in [-0.05, 0) is 64.2 Å². The summed E-state index contributed by atoms with van der Waals surface area (Å²) in [7, 11) is 0. The maximum atomic E-state index is 11.9. The van der Waals surface area contributed by atoms with Crippen LogP contribution < -0.4 is 0 Å². The van der Waals surface area contributed by atoms with Gasteiger partial charge in [-0.1, -0.05) is 337 Å². The molecule has 0 fully saturated rings. The van der Waals surface area contributed by atoms with Crippen molar-refractivity contribution in [2.75, 3.05) is 35.8 Å². The van der Waals surface area contributed by atoms with Gasteiger partial charge in [-0.25, -0.2) is 0 Å². The molecule has 0 aliphatic rings. The van der Waals surface area contributed by atoms with Gasteiger partial charge < -0.3 is 24.8 Å². The Morgan fingerprint density at radius 3 is 0.568 bits per heavy atom. The van der Waals surface area contributed by atoms with Gasteiger partial charge in [-0.3, -0.25) is 19.2 Å². The first kappa shape index (κ1) is 84.5. The van der Waals surface area contributed by atoms with Crippen molar-refractivity contribution >= 4 is 71.7 Å². The van der Waals surface area contributed by atoms with Gasteiger partial charge in [0.15, 0.2) is 0 Å². The highest BCUT2D eigenvalue weighted by Gasteiger charge is 2.05. The van der Waals surface area contributed by atoms with E-state index in [1.807, 2.05) is 0 Å². The number of esters is 2. The second kappa shape index (κ2) is 79.3. The number of rotatable bonds is 66. The highest BCUT2D eigenvalue weighted by atomic mass is 79.9. The number of halogens is 3. The molecular weight excluding hydrogens is 1210 g/mol. The Morgan fingerprint density at radius 1 is 0.222 bits per heavy atom. The van der Waals surface area contributed by atoms with Gasteiger partial charge in [-0.2, -0.15) is 0 Å². The van der Waals surface area contributed by atoms with E-state index in [2.05, 4.69) is 47.8 Å². The van der Waals surface area contributed by atoms with Crippen LogP contribution >= 0.6 is 47.8 Å². The number of alkyl halides is 3. The van der Waals surface area contributed by atoms with E-state index in [4.69, 9.17) is 24.8 Å². The fourth-order valence-corrected chi connectivity index (χ4v) is 11.4. The monoisotopic (exact) mass is 1340 g/mol. The number of unbranched alkanes of at least 4 members (excludes halogenated alkanes) is 50. The van der Waals surface area contributed by atoms with Crippen LogP contribution in [0.1, 0.15) is 379 Å². The minimum absolute atomic E-state index is 0.00302. The molecule has 0 heterocycles. The highest BCUT2D eigenvalue weighted by Crippen LogP contribution is 2.18. The van der Waals surface area contributed by atoms with Gasteiger partial charge in [0, 0.05) is 48.3 Å². The van der Waals surface area contributed by atoms with Crippen LogP contribution in [0.5, 0.6) is 0 Å². The average Bonchev–Trinajstić information content (AvgIpc) is 3.45. The molecule has 0 saturated heterocycles. The quantitative estimate of drug-likeness (QED) is 0.0308. The smallest absolute Gasteiger partial charge is 0.305 e. The highest BCUT2D eigenvalue weighted by molar-refractivity contribution is 9.09. The topological polar surface area (TPSA) is 147 Å². The zero-order chi connectivity index (χ0) is 59.7. The van der Waals surface area contributed by atoms with Crippen molar-refractivity contribution in [3.05, 3.63) is 0 Å². The Labute approximate surface area is 526 Å². The van der Waals surface area contributed by atoms with E-state index < -0.39 is 11.9 Å². The van der Waals surface area contributed by atoms with Gasteiger partial charge in [0.1, 0.15) is 0 Å². The van der Waals surface area contributed by atoms with E-state index in [9.17, 15) is 19.2 Å². The molecule has 0 bridgehead atoms. The third-order valence-corrected chi connectivity index (χ3v) is 17.1.